The third-order valence-corrected chi connectivity index (χ3v) is 8.32. The summed E-state index contributed by atoms with van der Waals surface area (Å²) in [5, 5.41) is 10.3. The van der Waals surface area contributed by atoms with E-state index < -0.39 is 71.2 Å². The number of carbonyl (C=O) groups excluding carboxylic acids is 6. The highest BCUT2D eigenvalue weighted by atomic mass is 79.9. The van der Waals surface area contributed by atoms with E-state index in [1.807, 2.05) is 0 Å². The Labute approximate surface area is 212 Å². The van der Waals surface area contributed by atoms with Crippen LogP contribution in [-0.2, 0) is 19.2 Å². The number of allylic oxidation sites excluding steroid dienone is 2. The number of nitrogens with zero attached hydrogens (tertiary/aromatic N) is 2. The molecular formula is C23H21BrN4O8. The zero-order valence-electron chi connectivity index (χ0n) is 18.8. The first-order valence-electron chi connectivity index (χ1n) is 11.1. The number of urea groups is 2. The molecule has 5 rings (SSSR count). The zero-order chi connectivity index (χ0) is 26.2. The summed E-state index contributed by atoms with van der Waals surface area (Å²) in [6.07, 6.45) is 1.88. The molecular weight excluding hydrogens is 540 g/mol. The van der Waals surface area contributed by atoms with E-state index in [1.165, 1.54) is 13.2 Å². The normalized spacial score (nSPS) is 31.1. The van der Waals surface area contributed by atoms with Crippen LogP contribution in [0, 0.1) is 29.6 Å². The monoisotopic (exact) mass is 560 g/mol. The van der Waals surface area contributed by atoms with Gasteiger partial charge in [0.15, 0.2) is 11.5 Å². The van der Waals surface area contributed by atoms with Gasteiger partial charge in [0.25, 0.3) is 0 Å². The number of phenols is 1. The van der Waals surface area contributed by atoms with Crippen LogP contribution in [0.1, 0.15) is 24.3 Å². The number of fused-ring (bicyclic) bond motifs is 4. The van der Waals surface area contributed by atoms with Crippen LogP contribution < -0.4 is 16.2 Å². The van der Waals surface area contributed by atoms with Crippen molar-refractivity contribution >= 4 is 51.6 Å². The van der Waals surface area contributed by atoms with Gasteiger partial charge in [0.1, 0.15) is 0 Å². The van der Waals surface area contributed by atoms with Crippen molar-refractivity contribution in [2.24, 2.45) is 41.1 Å². The lowest BCUT2D eigenvalue weighted by Crippen LogP contribution is -2.44. The van der Waals surface area contributed by atoms with E-state index >= 15 is 0 Å². The van der Waals surface area contributed by atoms with Crippen LogP contribution in [0.25, 0.3) is 0 Å². The van der Waals surface area contributed by atoms with Crippen LogP contribution in [0.2, 0.25) is 0 Å². The van der Waals surface area contributed by atoms with Crippen molar-refractivity contribution in [3.8, 4) is 11.5 Å². The molecule has 1 aromatic rings. The number of primary amides is 2. The first-order valence-corrected chi connectivity index (χ1v) is 11.9. The minimum atomic E-state index is -1.20. The summed E-state index contributed by atoms with van der Waals surface area (Å²) in [5.41, 5.74) is 11.7. The molecule has 13 heteroatoms. The van der Waals surface area contributed by atoms with Gasteiger partial charge < -0.3 is 21.3 Å². The fraction of sp³-hybridized carbons (Fsp3) is 0.391. The Kier molecular flexibility index (Phi) is 5.43. The van der Waals surface area contributed by atoms with Gasteiger partial charge in [-0.25, -0.2) is 9.59 Å². The molecule has 2 saturated heterocycles. The van der Waals surface area contributed by atoms with Crippen LogP contribution in [-0.4, -0.2) is 57.7 Å². The number of ether oxygens (including phenoxy) is 1. The van der Waals surface area contributed by atoms with Crippen molar-refractivity contribution in [2.45, 2.75) is 18.8 Å². The van der Waals surface area contributed by atoms with Gasteiger partial charge in [-0.1, -0.05) is 11.6 Å². The number of nitrogens with two attached hydrogens (primary N) is 2. The van der Waals surface area contributed by atoms with Gasteiger partial charge in [0.05, 0.1) is 35.3 Å². The van der Waals surface area contributed by atoms with E-state index in [2.05, 4.69) is 15.9 Å². The van der Waals surface area contributed by atoms with E-state index in [4.69, 9.17) is 16.2 Å². The van der Waals surface area contributed by atoms with Gasteiger partial charge >= 0.3 is 12.1 Å². The van der Waals surface area contributed by atoms with Gasteiger partial charge in [-0.15, -0.1) is 0 Å². The minimum absolute atomic E-state index is 0.00449. The summed E-state index contributed by atoms with van der Waals surface area (Å²) in [5.74, 6) is -8.36. The molecule has 5 N–H and O–H groups in total. The number of phenolic OH excluding ortho intramolecular Hbond substituents is 1. The molecule has 4 aliphatic rings. The number of hydrogen-bond acceptors (Lipinski definition) is 8. The number of hydrogen-bond donors (Lipinski definition) is 3. The molecule has 2 aliphatic carbocycles. The Morgan fingerprint density at radius 1 is 0.944 bits per heavy atom. The second kappa shape index (κ2) is 8.15. The number of amides is 8. The summed E-state index contributed by atoms with van der Waals surface area (Å²) >= 11 is 3.27. The van der Waals surface area contributed by atoms with Gasteiger partial charge in [-0.05, 0) is 52.4 Å². The first-order chi connectivity index (χ1) is 17.0. The van der Waals surface area contributed by atoms with Gasteiger partial charge in [-0.3, -0.25) is 19.2 Å². The zero-order valence-corrected chi connectivity index (χ0v) is 20.4. The minimum Gasteiger partial charge on any atom is -0.503 e. The second-order valence-electron chi connectivity index (χ2n) is 9.28. The number of carbonyl (C=O) groups is 6. The molecule has 0 aromatic heterocycles. The van der Waals surface area contributed by atoms with E-state index in [1.54, 1.807) is 12.1 Å². The summed E-state index contributed by atoms with van der Waals surface area (Å²) in [7, 11) is 1.35. The lowest BCUT2D eigenvalue weighted by Gasteiger charge is -2.44. The molecule has 3 fully saturated rings. The van der Waals surface area contributed by atoms with Crippen LogP contribution >= 0.6 is 15.9 Å². The van der Waals surface area contributed by atoms with Crippen molar-refractivity contribution in [3.63, 3.8) is 0 Å². The van der Waals surface area contributed by atoms with E-state index in [9.17, 15) is 33.9 Å². The van der Waals surface area contributed by atoms with Crippen molar-refractivity contribution in [3.05, 3.63) is 33.8 Å². The fourth-order valence-electron chi connectivity index (χ4n) is 6.33. The van der Waals surface area contributed by atoms with Gasteiger partial charge in [0.2, 0.25) is 23.6 Å². The molecule has 2 heterocycles. The number of aromatic hydroxyl groups is 1. The van der Waals surface area contributed by atoms with Crippen LogP contribution in [0.5, 0.6) is 11.5 Å². The molecule has 1 saturated carbocycles. The summed E-state index contributed by atoms with van der Waals surface area (Å²) < 4.78 is 5.52. The van der Waals surface area contributed by atoms with Crippen molar-refractivity contribution in [1.29, 1.82) is 0 Å². The highest BCUT2D eigenvalue weighted by Gasteiger charge is 2.63. The molecule has 0 radical (unpaired) electrons. The lowest BCUT2D eigenvalue weighted by molar-refractivity contribution is -0.138. The van der Waals surface area contributed by atoms with E-state index in [0.29, 0.717) is 20.9 Å². The molecule has 0 bridgehead atoms. The third kappa shape index (κ3) is 3.11. The Bertz CT molecular complexity index is 1310. The fourth-order valence-corrected chi connectivity index (χ4v) is 6.79. The van der Waals surface area contributed by atoms with Crippen molar-refractivity contribution in [1.82, 2.24) is 9.80 Å². The Hall–Kier alpha value is -3.74. The first kappa shape index (κ1) is 24.0. The lowest BCUT2D eigenvalue weighted by atomic mass is 9.57. The number of imide groups is 6. The summed E-state index contributed by atoms with van der Waals surface area (Å²) in [4.78, 5) is 77.2. The van der Waals surface area contributed by atoms with Crippen molar-refractivity contribution in [2.75, 3.05) is 7.11 Å². The standard InChI is InChI=1S/C23H21BrN4O8/c1-36-13-5-7(4-12(24)17(13)29)14-8-2-3-9-15(20(32)27(18(9)30)22(25)34)10(8)6-11-16(14)21(33)28(19(11)31)23(26)35/h2,4-5,9-11,14-16,29H,3,6H2,1H3,(H2,25,34)(H2,26,35)/t9-,10+,11+,14-,15-,16+/m0/s1. The quantitative estimate of drug-likeness (QED) is 0.351. The molecule has 6 atom stereocenters. The topological polar surface area (TPSA) is 190 Å². The number of likely N-dealkylation sites (tertiary alicyclic amines) is 2. The predicted octanol–water partition coefficient (Wildman–Crippen LogP) is 0.957. The molecule has 12 nitrogen and oxygen atoms in total. The average molecular weight is 561 g/mol. The molecule has 8 amide bonds. The molecule has 1 aromatic carbocycles. The average Bonchev–Trinajstić information content (AvgIpc) is 3.23. The maximum absolute atomic E-state index is 13.3. The van der Waals surface area contributed by atoms with Crippen LogP contribution in [0.15, 0.2) is 28.3 Å². The second-order valence-corrected chi connectivity index (χ2v) is 10.1. The third-order valence-electron chi connectivity index (χ3n) is 7.72. The summed E-state index contributed by atoms with van der Waals surface area (Å²) in [6.45, 7) is 0. The van der Waals surface area contributed by atoms with Crippen LogP contribution in [0.3, 0.4) is 0 Å². The van der Waals surface area contributed by atoms with E-state index in [-0.39, 0.29) is 28.8 Å². The highest BCUT2D eigenvalue weighted by molar-refractivity contribution is 9.10. The van der Waals surface area contributed by atoms with E-state index in [0.717, 1.165) is 0 Å². The highest BCUT2D eigenvalue weighted by Crippen LogP contribution is 2.58. The molecule has 0 spiro atoms. The number of benzene rings is 1. The molecule has 0 unspecified atom stereocenters. The smallest absolute Gasteiger partial charge is 0.328 e. The van der Waals surface area contributed by atoms with Gasteiger partial charge in [-0.2, -0.15) is 9.80 Å². The Balaban J connectivity index is 1.69. The molecule has 188 valence electrons. The molecule has 36 heavy (non-hydrogen) atoms. The van der Waals surface area contributed by atoms with Crippen molar-refractivity contribution < 1.29 is 38.6 Å². The van der Waals surface area contributed by atoms with Crippen LogP contribution in [0.4, 0.5) is 9.59 Å². The number of methoxy groups -OCH3 is 1. The molecule has 2 aliphatic heterocycles. The maximum atomic E-state index is 13.3. The Morgan fingerprint density at radius 3 is 2.11 bits per heavy atom. The maximum Gasteiger partial charge on any atom is 0.328 e. The Morgan fingerprint density at radius 2 is 1.53 bits per heavy atom. The van der Waals surface area contributed by atoms with Gasteiger partial charge in [0, 0.05) is 5.92 Å². The largest absolute Gasteiger partial charge is 0.503 e. The number of halogens is 1. The number of rotatable bonds is 2. The SMILES string of the molecule is COc1cc([C@H]2C3=CC[C@@H]4C(=O)N(C(N)=O)C(=O)[C@@H]4[C@@H]3C[C@H]3C(=O)N(C(N)=O)C(=O)[C@@H]23)cc(Br)c1O. The summed E-state index contributed by atoms with van der Waals surface area (Å²) in [6, 6.07) is 0.700. The predicted molar refractivity (Wildman–Crippen MR) is 123 cm³/mol.